The summed E-state index contributed by atoms with van der Waals surface area (Å²) >= 11 is 0. The van der Waals surface area contributed by atoms with Crippen LogP contribution >= 0.6 is 0 Å². The summed E-state index contributed by atoms with van der Waals surface area (Å²) in [5, 5.41) is 3.07. The van der Waals surface area contributed by atoms with Crippen LogP contribution in [0.5, 0.6) is 0 Å². The number of carbonyl (C=O) groups excluding carboxylic acids is 1. The van der Waals surface area contributed by atoms with Gasteiger partial charge in [0, 0.05) is 54.7 Å². The maximum atomic E-state index is 13.8. The highest BCUT2D eigenvalue weighted by atomic mass is 16.1. The number of benzene rings is 2. The van der Waals surface area contributed by atoms with E-state index < -0.39 is 0 Å². The molecule has 2 N–H and O–H groups in total. The Bertz CT molecular complexity index is 1450. The Hall–Kier alpha value is -3.38. The molecule has 0 unspecified atom stereocenters. The van der Waals surface area contributed by atoms with E-state index in [0.29, 0.717) is 17.2 Å². The third-order valence-corrected chi connectivity index (χ3v) is 9.22. The zero-order valence-corrected chi connectivity index (χ0v) is 26.2. The third kappa shape index (κ3) is 7.15. The molecule has 0 aliphatic heterocycles. The van der Waals surface area contributed by atoms with Gasteiger partial charge in [0.25, 0.3) is 11.5 Å². The highest BCUT2D eigenvalue weighted by Crippen LogP contribution is 2.35. The molecule has 5 rings (SSSR count). The lowest BCUT2D eigenvalue weighted by Crippen LogP contribution is -2.37. The van der Waals surface area contributed by atoms with Crippen molar-refractivity contribution in [2.24, 2.45) is 5.92 Å². The minimum absolute atomic E-state index is 0.142. The zero-order valence-electron chi connectivity index (χ0n) is 26.2. The number of amides is 1. The number of carbonyl (C=O) groups is 1. The summed E-state index contributed by atoms with van der Waals surface area (Å²) in [4.78, 5) is 34.2. The molecule has 0 atom stereocenters. The molecule has 2 fully saturated rings. The Labute approximate surface area is 251 Å². The molecular formula is C36H48N4O2. The molecule has 0 saturated heterocycles. The molecule has 0 radical (unpaired) electrons. The summed E-state index contributed by atoms with van der Waals surface area (Å²) in [7, 11) is 2.21. The number of rotatable bonds is 11. The first-order valence-corrected chi connectivity index (χ1v) is 15.9. The first-order chi connectivity index (χ1) is 20.2. The summed E-state index contributed by atoms with van der Waals surface area (Å²) in [5.41, 5.74) is 8.46. The van der Waals surface area contributed by atoms with Crippen LogP contribution in [0.2, 0.25) is 0 Å². The maximum Gasteiger partial charge on any atom is 0.253 e. The number of H-pyrrole nitrogens is 1. The van der Waals surface area contributed by atoms with Crippen LogP contribution in [0.4, 0.5) is 5.69 Å². The first kappa shape index (κ1) is 30.1. The van der Waals surface area contributed by atoms with Crippen LogP contribution in [0.15, 0.2) is 47.3 Å². The van der Waals surface area contributed by atoms with Gasteiger partial charge in [-0.3, -0.25) is 9.59 Å². The van der Waals surface area contributed by atoms with Crippen LogP contribution in [0.1, 0.15) is 90.2 Å². The van der Waals surface area contributed by atoms with Crippen LogP contribution in [-0.2, 0) is 13.1 Å². The lowest BCUT2D eigenvalue weighted by atomic mass is 9.91. The fraction of sp³-hybridized carbons (Fsp3) is 0.500. The molecule has 0 spiro atoms. The zero-order chi connectivity index (χ0) is 29.8. The van der Waals surface area contributed by atoms with Crippen LogP contribution in [0, 0.1) is 26.7 Å². The van der Waals surface area contributed by atoms with Gasteiger partial charge in [0.05, 0.1) is 0 Å². The van der Waals surface area contributed by atoms with Crippen molar-refractivity contribution in [1.82, 2.24) is 15.2 Å². The molecule has 1 aromatic heterocycles. The molecule has 0 bridgehead atoms. The smallest absolute Gasteiger partial charge is 0.253 e. The Balaban J connectivity index is 1.45. The summed E-state index contributed by atoms with van der Waals surface area (Å²) in [6.45, 7) is 11.3. The van der Waals surface area contributed by atoms with E-state index in [0.717, 1.165) is 52.6 Å². The van der Waals surface area contributed by atoms with E-state index in [-0.39, 0.29) is 18.0 Å². The van der Waals surface area contributed by atoms with E-state index in [1.54, 1.807) is 0 Å². The second-order valence-corrected chi connectivity index (χ2v) is 12.7. The van der Waals surface area contributed by atoms with Crippen molar-refractivity contribution in [3.8, 4) is 11.1 Å². The van der Waals surface area contributed by atoms with Crippen molar-refractivity contribution in [3.63, 3.8) is 0 Å². The van der Waals surface area contributed by atoms with Gasteiger partial charge in [-0.25, -0.2) is 0 Å². The minimum Gasteiger partial charge on any atom is -0.369 e. The van der Waals surface area contributed by atoms with Gasteiger partial charge in [-0.05, 0) is 112 Å². The van der Waals surface area contributed by atoms with Crippen LogP contribution in [-0.4, -0.2) is 42.0 Å². The predicted molar refractivity (Wildman–Crippen MR) is 173 cm³/mol. The summed E-state index contributed by atoms with van der Waals surface area (Å²) in [6, 6.07) is 15.6. The molecule has 6 heteroatoms. The van der Waals surface area contributed by atoms with Gasteiger partial charge in [-0.15, -0.1) is 0 Å². The average molecular weight is 569 g/mol. The summed E-state index contributed by atoms with van der Waals surface area (Å²) in [5.74, 6) is 0.733. The largest absolute Gasteiger partial charge is 0.369 e. The topological polar surface area (TPSA) is 68.4 Å². The minimum atomic E-state index is -0.145. The van der Waals surface area contributed by atoms with E-state index in [9.17, 15) is 9.59 Å². The molecule has 2 aliphatic rings. The molecule has 42 heavy (non-hydrogen) atoms. The van der Waals surface area contributed by atoms with Gasteiger partial charge in [0.1, 0.15) is 0 Å². The highest BCUT2D eigenvalue weighted by Gasteiger charge is 2.25. The van der Waals surface area contributed by atoms with Gasteiger partial charge in [0.15, 0.2) is 0 Å². The molecule has 3 aromatic rings. The highest BCUT2D eigenvalue weighted by molar-refractivity contribution is 5.99. The SMILES string of the molecule is CCN(c1cc(-c2ccc(CN(C)CC3CC3)cc2)cc(C(=O)NCc2c(C)cc(C)[nH]c2=O)c1C)C1CCCCC1. The number of nitrogens with one attached hydrogen (secondary N) is 2. The molecule has 1 amide bonds. The van der Waals surface area contributed by atoms with Crippen LogP contribution < -0.4 is 15.8 Å². The number of anilines is 1. The maximum absolute atomic E-state index is 13.8. The van der Waals surface area contributed by atoms with E-state index in [1.165, 1.54) is 57.1 Å². The van der Waals surface area contributed by atoms with E-state index in [4.69, 9.17) is 0 Å². The standard InChI is InChI=1S/C36H48N4O2/c1-6-40(31-10-8-7-9-11-31)34-20-30(29-16-14-28(15-17-29)23-39(5)22-27-12-13-27)19-32(26(34)4)35(41)37-21-33-24(2)18-25(3)38-36(33)42/h14-20,27,31H,6-13,21-23H2,1-5H3,(H,37,41)(H,38,42). The van der Waals surface area contributed by atoms with E-state index >= 15 is 0 Å². The fourth-order valence-corrected chi connectivity index (χ4v) is 6.70. The Morgan fingerprint density at radius 1 is 0.952 bits per heavy atom. The van der Waals surface area contributed by atoms with Crippen molar-refractivity contribution >= 4 is 11.6 Å². The molecule has 6 nitrogen and oxygen atoms in total. The van der Waals surface area contributed by atoms with Crippen molar-refractivity contribution in [3.05, 3.63) is 86.3 Å². The fourth-order valence-electron chi connectivity index (χ4n) is 6.70. The molecule has 1 heterocycles. The van der Waals surface area contributed by atoms with Crippen LogP contribution in [0.3, 0.4) is 0 Å². The number of aromatic nitrogens is 1. The monoisotopic (exact) mass is 568 g/mol. The number of pyridine rings is 1. The third-order valence-electron chi connectivity index (χ3n) is 9.22. The number of aromatic amines is 1. The van der Waals surface area contributed by atoms with Gasteiger partial charge < -0.3 is 20.1 Å². The Kier molecular flexibility index (Phi) is 9.52. The molecular weight excluding hydrogens is 520 g/mol. The van der Waals surface area contributed by atoms with Crippen molar-refractivity contribution in [1.29, 1.82) is 0 Å². The quantitative estimate of drug-likeness (QED) is 0.264. The molecule has 2 saturated carbocycles. The molecule has 2 aliphatic carbocycles. The van der Waals surface area contributed by atoms with Gasteiger partial charge in [-0.1, -0.05) is 43.5 Å². The lowest BCUT2D eigenvalue weighted by Gasteiger charge is -2.37. The normalized spacial score (nSPS) is 15.7. The average Bonchev–Trinajstić information content (AvgIpc) is 3.78. The van der Waals surface area contributed by atoms with E-state index in [1.807, 2.05) is 26.0 Å². The lowest BCUT2D eigenvalue weighted by molar-refractivity contribution is 0.0950. The molecule has 2 aromatic carbocycles. The van der Waals surface area contributed by atoms with Gasteiger partial charge in [-0.2, -0.15) is 0 Å². The number of nitrogens with zero attached hydrogens (tertiary/aromatic N) is 2. The summed E-state index contributed by atoms with van der Waals surface area (Å²) < 4.78 is 0. The second kappa shape index (κ2) is 13.3. The second-order valence-electron chi connectivity index (χ2n) is 12.7. The predicted octanol–water partition coefficient (Wildman–Crippen LogP) is 6.90. The van der Waals surface area contributed by atoms with Crippen molar-refractivity contribution in [2.75, 3.05) is 25.0 Å². The van der Waals surface area contributed by atoms with Crippen molar-refractivity contribution < 1.29 is 4.79 Å². The van der Waals surface area contributed by atoms with E-state index in [2.05, 4.69) is 71.3 Å². The van der Waals surface area contributed by atoms with Gasteiger partial charge in [0.2, 0.25) is 0 Å². The first-order valence-electron chi connectivity index (χ1n) is 15.9. The number of hydrogen-bond acceptors (Lipinski definition) is 4. The molecule has 224 valence electrons. The number of hydrogen-bond donors (Lipinski definition) is 2. The van der Waals surface area contributed by atoms with Crippen molar-refractivity contribution in [2.45, 2.75) is 91.8 Å². The van der Waals surface area contributed by atoms with Gasteiger partial charge >= 0.3 is 0 Å². The summed E-state index contributed by atoms with van der Waals surface area (Å²) in [6.07, 6.45) is 8.94. The Morgan fingerprint density at radius 3 is 2.31 bits per heavy atom. The number of aryl methyl sites for hydroxylation is 2. The van der Waals surface area contributed by atoms with Crippen LogP contribution in [0.25, 0.3) is 11.1 Å². The Morgan fingerprint density at radius 2 is 1.67 bits per heavy atom.